The number of carboxylic acid groups (broad SMARTS) is 1. The van der Waals surface area contributed by atoms with Gasteiger partial charge in [-0.2, -0.15) is 15.2 Å². The molecule has 1 aromatic heterocycles. The van der Waals surface area contributed by atoms with Gasteiger partial charge in [0.05, 0.1) is 17.4 Å². The summed E-state index contributed by atoms with van der Waals surface area (Å²) in [6, 6.07) is 12.8. The molecule has 2 heterocycles. The zero-order chi connectivity index (χ0) is 27.5. The second-order valence-corrected chi connectivity index (χ2v) is 10.1. The summed E-state index contributed by atoms with van der Waals surface area (Å²) in [6.07, 6.45) is 2.75. The number of ether oxygens (including phenoxy) is 1. The van der Waals surface area contributed by atoms with Gasteiger partial charge in [-0.1, -0.05) is 23.4 Å². The molecule has 1 saturated heterocycles. The third kappa shape index (κ3) is 5.67. The molecular formula is C29H29N5O5. The third-order valence-corrected chi connectivity index (χ3v) is 7.05. The van der Waals surface area contributed by atoms with Crippen molar-refractivity contribution in [2.24, 2.45) is 10.9 Å². The van der Waals surface area contributed by atoms with Crippen molar-refractivity contribution in [2.75, 3.05) is 13.1 Å². The lowest BCUT2D eigenvalue weighted by Gasteiger charge is -2.30. The van der Waals surface area contributed by atoms with E-state index < -0.39 is 5.97 Å². The average Bonchev–Trinajstić information content (AvgIpc) is 3.56. The Morgan fingerprint density at radius 1 is 1.21 bits per heavy atom. The van der Waals surface area contributed by atoms with Gasteiger partial charge in [0.2, 0.25) is 5.82 Å². The fourth-order valence-electron chi connectivity index (χ4n) is 5.15. The maximum atomic E-state index is 12.9. The van der Waals surface area contributed by atoms with Crippen molar-refractivity contribution in [2.45, 2.75) is 52.1 Å². The molecular weight excluding hydrogens is 498 g/mol. The molecule has 10 nitrogen and oxygen atoms in total. The Hall–Kier alpha value is -4.52. The summed E-state index contributed by atoms with van der Waals surface area (Å²) in [5.41, 5.74) is 4.46. The number of carbonyl (C=O) groups excluding carboxylic acids is 1. The number of likely N-dealkylation sites (tertiary alicyclic amines) is 1. The minimum Gasteiger partial charge on any atom is -0.490 e. The standard InChI is InChI=1S/C29H29N5O5/c1-17(2)38-25-9-6-19(15-20(25)16-30)28-32-27(33-39-28)23-5-3-4-22-21(23)7-8-24(22)31-29(37)34-12-10-18(11-13-34)14-26(35)36/h3-6,9,15,17-18H,7-8,10-14H2,1-2H3,(H,35,36)/b31-24-. The smallest absolute Gasteiger partial charge is 0.343 e. The number of urea groups is 1. The van der Waals surface area contributed by atoms with E-state index in [1.54, 1.807) is 23.1 Å². The van der Waals surface area contributed by atoms with E-state index >= 15 is 0 Å². The van der Waals surface area contributed by atoms with E-state index in [0.717, 1.165) is 22.4 Å². The van der Waals surface area contributed by atoms with Gasteiger partial charge < -0.3 is 19.3 Å². The molecule has 1 aliphatic heterocycles. The van der Waals surface area contributed by atoms with E-state index in [0.29, 0.717) is 67.4 Å². The van der Waals surface area contributed by atoms with Crippen LogP contribution in [0, 0.1) is 17.2 Å². The molecule has 0 unspecified atom stereocenters. The topological polar surface area (TPSA) is 142 Å². The first-order chi connectivity index (χ1) is 18.8. The highest BCUT2D eigenvalue weighted by atomic mass is 16.5. The van der Waals surface area contributed by atoms with Crippen LogP contribution >= 0.6 is 0 Å². The van der Waals surface area contributed by atoms with Gasteiger partial charge in [0, 0.05) is 36.2 Å². The highest BCUT2D eigenvalue weighted by molar-refractivity contribution is 6.10. The zero-order valence-corrected chi connectivity index (χ0v) is 21.9. The number of nitriles is 1. The Morgan fingerprint density at radius 3 is 2.69 bits per heavy atom. The summed E-state index contributed by atoms with van der Waals surface area (Å²) in [5.74, 6) is 0.530. The van der Waals surface area contributed by atoms with Crippen LogP contribution in [0.3, 0.4) is 0 Å². The maximum absolute atomic E-state index is 12.9. The lowest BCUT2D eigenvalue weighted by Crippen LogP contribution is -2.37. The molecule has 200 valence electrons. The summed E-state index contributed by atoms with van der Waals surface area (Å²) in [4.78, 5) is 34.6. The summed E-state index contributed by atoms with van der Waals surface area (Å²) in [5, 5.41) is 22.8. The number of aliphatic imine (C=N–C) groups is 1. The molecule has 1 N–H and O–H groups in total. The molecule has 1 fully saturated rings. The van der Waals surface area contributed by atoms with E-state index in [1.807, 2.05) is 32.0 Å². The van der Waals surface area contributed by atoms with Gasteiger partial charge in [-0.05, 0) is 69.2 Å². The fourth-order valence-corrected chi connectivity index (χ4v) is 5.15. The van der Waals surface area contributed by atoms with Crippen molar-refractivity contribution in [1.29, 1.82) is 5.26 Å². The zero-order valence-electron chi connectivity index (χ0n) is 21.9. The quantitative estimate of drug-likeness (QED) is 0.466. The van der Waals surface area contributed by atoms with Gasteiger partial charge in [-0.15, -0.1) is 0 Å². The van der Waals surface area contributed by atoms with Crippen molar-refractivity contribution in [3.05, 3.63) is 53.1 Å². The largest absolute Gasteiger partial charge is 0.490 e. The molecule has 2 aromatic carbocycles. The van der Waals surface area contributed by atoms with Crippen molar-refractivity contribution < 1.29 is 24.0 Å². The average molecular weight is 528 g/mol. The van der Waals surface area contributed by atoms with E-state index in [-0.39, 0.29) is 24.5 Å². The van der Waals surface area contributed by atoms with E-state index in [4.69, 9.17) is 14.4 Å². The Bertz CT molecular complexity index is 1480. The van der Waals surface area contributed by atoms with Crippen molar-refractivity contribution >= 4 is 17.7 Å². The minimum absolute atomic E-state index is 0.0575. The van der Waals surface area contributed by atoms with Crippen LogP contribution in [0.15, 0.2) is 45.9 Å². The number of rotatable bonds is 6. The molecule has 1 aliphatic carbocycles. The molecule has 3 aromatic rings. The molecule has 0 bridgehead atoms. The molecule has 2 amide bonds. The maximum Gasteiger partial charge on any atom is 0.343 e. The summed E-state index contributed by atoms with van der Waals surface area (Å²) < 4.78 is 11.2. The number of benzene rings is 2. The highest BCUT2D eigenvalue weighted by Crippen LogP contribution is 2.34. The molecule has 0 atom stereocenters. The van der Waals surface area contributed by atoms with Gasteiger partial charge in [0.1, 0.15) is 11.8 Å². The number of carbonyl (C=O) groups is 2. The Balaban J connectivity index is 1.34. The number of amides is 2. The van der Waals surface area contributed by atoms with Crippen molar-refractivity contribution in [1.82, 2.24) is 15.0 Å². The molecule has 0 spiro atoms. The fraction of sp³-hybridized carbons (Fsp3) is 0.379. The molecule has 0 radical (unpaired) electrons. The van der Waals surface area contributed by atoms with E-state index in [1.165, 1.54) is 0 Å². The predicted octanol–water partition coefficient (Wildman–Crippen LogP) is 5.10. The van der Waals surface area contributed by atoms with Crippen LogP contribution in [0.4, 0.5) is 4.79 Å². The van der Waals surface area contributed by atoms with E-state index in [2.05, 4.69) is 21.2 Å². The second-order valence-electron chi connectivity index (χ2n) is 10.1. The van der Waals surface area contributed by atoms with Crippen molar-refractivity contribution in [3.63, 3.8) is 0 Å². The number of nitrogens with zero attached hydrogens (tertiary/aromatic N) is 5. The van der Waals surface area contributed by atoms with Gasteiger partial charge >= 0.3 is 12.0 Å². The number of aliphatic carboxylic acids is 1. The van der Waals surface area contributed by atoms with Crippen LogP contribution in [-0.4, -0.2) is 57.1 Å². The van der Waals surface area contributed by atoms with Gasteiger partial charge in [0.25, 0.3) is 5.89 Å². The lowest BCUT2D eigenvalue weighted by molar-refractivity contribution is -0.138. The molecule has 39 heavy (non-hydrogen) atoms. The highest BCUT2D eigenvalue weighted by Gasteiger charge is 2.27. The first-order valence-corrected chi connectivity index (χ1v) is 13.1. The number of carboxylic acids is 1. The molecule has 2 aliphatic rings. The van der Waals surface area contributed by atoms with Crippen LogP contribution in [0.25, 0.3) is 22.8 Å². The SMILES string of the molecule is CC(C)Oc1ccc(-c2nc(-c3cccc4c3CC/C4=N/C(=O)N3CCC(CC(=O)O)CC3)no2)cc1C#N. The Morgan fingerprint density at radius 2 is 1.97 bits per heavy atom. The number of hydrogen-bond donors (Lipinski definition) is 1. The number of hydrogen-bond acceptors (Lipinski definition) is 7. The third-order valence-electron chi connectivity index (χ3n) is 7.05. The first kappa shape index (κ1) is 26.1. The molecule has 10 heteroatoms. The van der Waals surface area contributed by atoms with Gasteiger partial charge in [-0.3, -0.25) is 4.79 Å². The van der Waals surface area contributed by atoms with Gasteiger partial charge in [-0.25, -0.2) is 4.79 Å². The van der Waals surface area contributed by atoms with Crippen molar-refractivity contribution in [3.8, 4) is 34.7 Å². The number of piperidine rings is 1. The predicted molar refractivity (Wildman–Crippen MR) is 142 cm³/mol. The summed E-state index contributed by atoms with van der Waals surface area (Å²) in [6.45, 7) is 4.83. The lowest BCUT2D eigenvalue weighted by atomic mass is 9.94. The summed E-state index contributed by atoms with van der Waals surface area (Å²) in [7, 11) is 0. The van der Waals surface area contributed by atoms with Crippen LogP contribution in [0.2, 0.25) is 0 Å². The number of aromatic nitrogens is 2. The second kappa shape index (κ2) is 11.1. The van der Waals surface area contributed by atoms with Crippen LogP contribution in [0.1, 0.15) is 56.2 Å². The first-order valence-electron chi connectivity index (χ1n) is 13.1. The van der Waals surface area contributed by atoms with E-state index in [9.17, 15) is 14.9 Å². The van der Waals surface area contributed by atoms with Crippen LogP contribution in [0.5, 0.6) is 5.75 Å². The van der Waals surface area contributed by atoms with Crippen LogP contribution in [-0.2, 0) is 11.2 Å². The normalized spacial score (nSPS) is 16.4. The minimum atomic E-state index is -0.798. The van der Waals surface area contributed by atoms with Crippen LogP contribution < -0.4 is 4.74 Å². The Kier molecular flexibility index (Phi) is 7.41. The number of fused-ring (bicyclic) bond motifs is 1. The van der Waals surface area contributed by atoms with Gasteiger partial charge in [0.15, 0.2) is 0 Å². The molecule has 0 saturated carbocycles. The monoisotopic (exact) mass is 527 g/mol. The summed E-state index contributed by atoms with van der Waals surface area (Å²) >= 11 is 0. The Labute approximate surface area is 225 Å². The molecule has 5 rings (SSSR count).